The molecule has 3 nitrogen and oxygen atoms in total. The Balaban J connectivity index is 2.04. The molecule has 6 heteroatoms. The maximum absolute atomic E-state index is 13.2. The van der Waals surface area contributed by atoms with Crippen LogP contribution in [0, 0.1) is 17.5 Å². The first-order valence-electron chi connectivity index (χ1n) is 5.63. The van der Waals surface area contributed by atoms with Gasteiger partial charge in [-0.2, -0.15) is 0 Å². The van der Waals surface area contributed by atoms with Crippen LogP contribution < -0.4 is 5.73 Å². The second kappa shape index (κ2) is 5.64. The molecule has 0 aliphatic heterocycles. The molecule has 104 valence electrons. The Morgan fingerprint density at radius 3 is 2.40 bits per heavy atom. The van der Waals surface area contributed by atoms with Crippen LogP contribution in [0.5, 0.6) is 0 Å². The molecular formula is C14H10F3NO2. The Bertz CT molecular complexity index is 659. The van der Waals surface area contributed by atoms with Gasteiger partial charge in [0.25, 0.3) is 0 Å². The zero-order valence-electron chi connectivity index (χ0n) is 10.2. The number of carbonyl (C=O) groups is 1. The van der Waals surface area contributed by atoms with Crippen molar-refractivity contribution in [1.29, 1.82) is 0 Å². The highest BCUT2D eigenvalue weighted by molar-refractivity contribution is 5.89. The summed E-state index contributed by atoms with van der Waals surface area (Å²) in [4.78, 5) is 11.6. The van der Waals surface area contributed by atoms with E-state index in [0.717, 1.165) is 18.2 Å². The van der Waals surface area contributed by atoms with Gasteiger partial charge >= 0.3 is 5.97 Å². The summed E-state index contributed by atoms with van der Waals surface area (Å²) < 4.78 is 43.7. The molecule has 0 aliphatic rings. The lowest BCUT2D eigenvalue weighted by molar-refractivity contribution is 0.0471. The van der Waals surface area contributed by atoms with Gasteiger partial charge in [-0.25, -0.2) is 18.0 Å². The average molecular weight is 281 g/mol. The highest BCUT2D eigenvalue weighted by atomic mass is 19.2. The van der Waals surface area contributed by atoms with E-state index in [1.165, 1.54) is 18.2 Å². The molecule has 2 aromatic rings. The van der Waals surface area contributed by atoms with Crippen molar-refractivity contribution >= 4 is 11.7 Å². The standard InChI is InChI=1S/C14H10F3NO2/c15-10-3-1-8(5-11(10)16)7-20-14(19)9-2-4-13(18)12(17)6-9/h1-6H,7,18H2. The van der Waals surface area contributed by atoms with Gasteiger partial charge in [0, 0.05) is 0 Å². The Labute approximate surface area is 112 Å². The van der Waals surface area contributed by atoms with Gasteiger partial charge in [0.05, 0.1) is 11.3 Å². The number of hydrogen-bond acceptors (Lipinski definition) is 3. The van der Waals surface area contributed by atoms with Gasteiger partial charge in [0.15, 0.2) is 11.6 Å². The Morgan fingerprint density at radius 1 is 1.00 bits per heavy atom. The van der Waals surface area contributed by atoms with Crippen LogP contribution in [-0.4, -0.2) is 5.97 Å². The van der Waals surface area contributed by atoms with E-state index in [2.05, 4.69) is 0 Å². The van der Waals surface area contributed by atoms with Crippen molar-refractivity contribution in [2.45, 2.75) is 6.61 Å². The van der Waals surface area contributed by atoms with Gasteiger partial charge in [-0.15, -0.1) is 0 Å². The van der Waals surface area contributed by atoms with Crippen LogP contribution in [0.3, 0.4) is 0 Å². The molecule has 0 saturated carbocycles. The maximum Gasteiger partial charge on any atom is 0.338 e. The molecule has 2 N–H and O–H groups in total. The summed E-state index contributed by atoms with van der Waals surface area (Å²) in [6, 6.07) is 6.64. The second-order valence-electron chi connectivity index (χ2n) is 4.06. The quantitative estimate of drug-likeness (QED) is 0.695. The third-order valence-corrected chi connectivity index (χ3v) is 2.59. The number of halogens is 3. The molecule has 2 aromatic carbocycles. The molecule has 0 atom stereocenters. The van der Waals surface area contributed by atoms with Crippen molar-refractivity contribution in [1.82, 2.24) is 0 Å². The van der Waals surface area contributed by atoms with E-state index < -0.39 is 23.4 Å². The van der Waals surface area contributed by atoms with Gasteiger partial charge in [-0.1, -0.05) is 6.07 Å². The summed E-state index contributed by atoms with van der Waals surface area (Å²) in [6.07, 6.45) is 0. The normalized spacial score (nSPS) is 10.3. The van der Waals surface area contributed by atoms with Crippen LogP contribution in [0.15, 0.2) is 36.4 Å². The number of benzene rings is 2. The first-order valence-corrected chi connectivity index (χ1v) is 5.63. The van der Waals surface area contributed by atoms with Crippen molar-refractivity contribution in [3.63, 3.8) is 0 Å². The molecule has 0 saturated heterocycles. The van der Waals surface area contributed by atoms with E-state index in [9.17, 15) is 18.0 Å². The SMILES string of the molecule is Nc1ccc(C(=O)OCc2ccc(F)c(F)c2)cc1F. The van der Waals surface area contributed by atoms with Crippen LogP contribution in [0.1, 0.15) is 15.9 Å². The van der Waals surface area contributed by atoms with E-state index in [0.29, 0.717) is 0 Å². The lowest BCUT2D eigenvalue weighted by atomic mass is 10.2. The van der Waals surface area contributed by atoms with E-state index in [1.807, 2.05) is 0 Å². The molecular weight excluding hydrogens is 271 g/mol. The first-order chi connectivity index (χ1) is 9.47. The van der Waals surface area contributed by atoms with Crippen LogP contribution in [-0.2, 0) is 11.3 Å². The lowest BCUT2D eigenvalue weighted by Gasteiger charge is -2.06. The largest absolute Gasteiger partial charge is 0.457 e. The average Bonchev–Trinajstić information content (AvgIpc) is 2.43. The van der Waals surface area contributed by atoms with Crippen LogP contribution in [0.2, 0.25) is 0 Å². The summed E-state index contributed by atoms with van der Waals surface area (Å²) in [5, 5.41) is 0. The zero-order valence-corrected chi connectivity index (χ0v) is 10.2. The van der Waals surface area contributed by atoms with E-state index >= 15 is 0 Å². The lowest BCUT2D eigenvalue weighted by Crippen LogP contribution is -2.06. The topological polar surface area (TPSA) is 52.3 Å². The molecule has 0 fully saturated rings. The van der Waals surface area contributed by atoms with Gasteiger partial charge in [-0.3, -0.25) is 0 Å². The molecule has 0 aliphatic carbocycles. The van der Waals surface area contributed by atoms with Crippen molar-refractivity contribution < 1.29 is 22.7 Å². The Morgan fingerprint density at radius 2 is 1.75 bits per heavy atom. The predicted octanol–water partition coefficient (Wildman–Crippen LogP) is 3.04. The smallest absolute Gasteiger partial charge is 0.338 e. The predicted molar refractivity (Wildman–Crippen MR) is 66.3 cm³/mol. The number of hydrogen-bond donors (Lipinski definition) is 1. The van der Waals surface area contributed by atoms with Gasteiger partial charge in [0.1, 0.15) is 12.4 Å². The fraction of sp³-hybridized carbons (Fsp3) is 0.0714. The second-order valence-corrected chi connectivity index (χ2v) is 4.06. The summed E-state index contributed by atoms with van der Waals surface area (Å²) in [5.41, 5.74) is 5.47. The van der Waals surface area contributed by atoms with Crippen molar-refractivity contribution in [3.8, 4) is 0 Å². The molecule has 0 bridgehead atoms. The molecule has 0 spiro atoms. The number of esters is 1. The van der Waals surface area contributed by atoms with Crippen LogP contribution in [0.25, 0.3) is 0 Å². The summed E-state index contributed by atoms with van der Waals surface area (Å²) in [7, 11) is 0. The van der Waals surface area contributed by atoms with Crippen LogP contribution >= 0.6 is 0 Å². The van der Waals surface area contributed by atoms with E-state index in [4.69, 9.17) is 10.5 Å². The molecule has 20 heavy (non-hydrogen) atoms. The van der Waals surface area contributed by atoms with Gasteiger partial charge in [-0.05, 0) is 35.9 Å². The van der Waals surface area contributed by atoms with Crippen LogP contribution in [0.4, 0.5) is 18.9 Å². The van der Waals surface area contributed by atoms with Crippen molar-refractivity contribution in [2.75, 3.05) is 5.73 Å². The molecule has 2 rings (SSSR count). The number of nitrogens with two attached hydrogens (primary N) is 1. The molecule has 0 heterocycles. The summed E-state index contributed by atoms with van der Waals surface area (Å²) in [5.74, 6) is -3.53. The van der Waals surface area contributed by atoms with Gasteiger partial charge in [0.2, 0.25) is 0 Å². The summed E-state index contributed by atoms with van der Waals surface area (Å²) in [6.45, 7) is -0.248. The van der Waals surface area contributed by atoms with Gasteiger partial charge < -0.3 is 10.5 Å². The number of anilines is 1. The van der Waals surface area contributed by atoms with E-state index in [1.54, 1.807) is 0 Å². The van der Waals surface area contributed by atoms with Crippen molar-refractivity contribution in [2.24, 2.45) is 0 Å². The first kappa shape index (κ1) is 13.9. The molecule has 0 unspecified atom stereocenters. The Kier molecular flexibility index (Phi) is 3.93. The minimum absolute atomic E-state index is 0.0146. The fourth-order valence-electron chi connectivity index (χ4n) is 1.52. The fourth-order valence-corrected chi connectivity index (χ4v) is 1.52. The van der Waals surface area contributed by atoms with E-state index in [-0.39, 0.29) is 23.4 Å². The number of rotatable bonds is 3. The highest BCUT2D eigenvalue weighted by Gasteiger charge is 2.11. The molecule has 0 amide bonds. The number of carbonyl (C=O) groups excluding carboxylic acids is 1. The third kappa shape index (κ3) is 3.09. The summed E-state index contributed by atoms with van der Waals surface area (Å²) >= 11 is 0. The maximum atomic E-state index is 13.2. The minimum atomic E-state index is -1.03. The minimum Gasteiger partial charge on any atom is -0.457 e. The third-order valence-electron chi connectivity index (χ3n) is 2.59. The molecule has 0 radical (unpaired) electrons. The molecule has 0 aromatic heterocycles. The highest BCUT2D eigenvalue weighted by Crippen LogP contribution is 2.14. The zero-order chi connectivity index (χ0) is 14.7. The van der Waals surface area contributed by atoms with Crippen molar-refractivity contribution in [3.05, 3.63) is 65.0 Å². The Hall–Kier alpha value is -2.50. The number of nitrogen functional groups attached to an aromatic ring is 1. The monoisotopic (exact) mass is 281 g/mol. The number of ether oxygens (including phenoxy) is 1.